The lowest BCUT2D eigenvalue weighted by Gasteiger charge is -2.54. The summed E-state index contributed by atoms with van der Waals surface area (Å²) in [5.41, 5.74) is -0.625. The molecule has 2 heterocycles. The fraction of sp³-hybridized carbons (Fsp3) is 0.462. The third kappa shape index (κ3) is 4.33. The number of aliphatic carboxylic acids is 1. The molecule has 0 aliphatic heterocycles. The highest BCUT2D eigenvalue weighted by Gasteiger charge is 2.54. The summed E-state index contributed by atoms with van der Waals surface area (Å²) >= 11 is 0. The van der Waals surface area contributed by atoms with Crippen LogP contribution in [-0.2, 0) is 11.3 Å². The average Bonchev–Trinajstić information content (AvgIpc) is 3.30. The molecule has 38 heavy (non-hydrogen) atoms. The van der Waals surface area contributed by atoms with E-state index in [1.54, 1.807) is 19.1 Å². The lowest BCUT2D eigenvalue weighted by Crippen LogP contribution is -2.54. The van der Waals surface area contributed by atoms with Crippen LogP contribution in [0.1, 0.15) is 77.6 Å². The number of halogens is 1. The van der Waals surface area contributed by atoms with Crippen molar-refractivity contribution in [1.82, 2.24) is 30.2 Å². The number of benzene rings is 1. The number of fused-ring (bicyclic) bond motifs is 4. The Morgan fingerprint density at radius 2 is 1.82 bits per heavy atom. The summed E-state index contributed by atoms with van der Waals surface area (Å²) in [6.07, 6.45) is 3.87. The van der Waals surface area contributed by atoms with Crippen LogP contribution in [0.5, 0.6) is 0 Å². The number of amides is 2. The molecule has 11 nitrogen and oxygen atoms in total. The van der Waals surface area contributed by atoms with Crippen molar-refractivity contribution >= 4 is 23.6 Å². The van der Waals surface area contributed by atoms with E-state index in [0.29, 0.717) is 49.7 Å². The Morgan fingerprint density at radius 3 is 2.45 bits per heavy atom. The highest BCUT2D eigenvalue weighted by molar-refractivity contribution is 5.98. The van der Waals surface area contributed by atoms with E-state index in [2.05, 4.69) is 25.8 Å². The minimum Gasteiger partial charge on any atom is -0.481 e. The predicted molar refractivity (Wildman–Crippen MR) is 133 cm³/mol. The van der Waals surface area contributed by atoms with Gasteiger partial charge in [-0.1, -0.05) is 12.1 Å². The molecular formula is C26H29FN6O5. The quantitative estimate of drug-likeness (QED) is 0.369. The summed E-state index contributed by atoms with van der Waals surface area (Å²) < 4.78 is 14.6. The molecule has 1 atom stereocenters. The molecule has 3 saturated carbocycles. The van der Waals surface area contributed by atoms with Crippen molar-refractivity contribution in [3.63, 3.8) is 0 Å². The Labute approximate surface area is 216 Å². The van der Waals surface area contributed by atoms with Gasteiger partial charge in [-0.05, 0) is 81.0 Å². The van der Waals surface area contributed by atoms with E-state index in [9.17, 15) is 28.7 Å². The third-order valence-electron chi connectivity index (χ3n) is 8.55. The second-order valence-corrected chi connectivity index (χ2v) is 10.6. The summed E-state index contributed by atoms with van der Waals surface area (Å²) in [6.45, 7) is 3.61. The number of nitrogens with one attached hydrogen (secondary N) is 3. The number of aromatic nitrogens is 4. The van der Waals surface area contributed by atoms with Crippen LogP contribution >= 0.6 is 0 Å². The number of carboxylic acid groups (broad SMARTS) is 1. The van der Waals surface area contributed by atoms with Gasteiger partial charge in [-0.2, -0.15) is 0 Å². The minimum absolute atomic E-state index is 0.0750. The number of carbonyl (C=O) groups excluding carboxylic acids is 2. The van der Waals surface area contributed by atoms with Gasteiger partial charge < -0.3 is 15.7 Å². The molecule has 3 fully saturated rings. The van der Waals surface area contributed by atoms with Crippen LogP contribution in [0, 0.1) is 23.6 Å². The minimum atomic E-state index is -0.741. The number of nitrogens with zero attached hydrogens (tertiary/aromatic N) is 3. The molecule has 3 aliphatic carbocycles. The van der Waals surface area contributed by atoms with Gasteiger partial charge in [0.15, 0.2) is 0 Å². The first kappa shape index (κ1) is 25.6. The zero-order chi connectivity index (χ0) is 27.2. The highest BCUT2D eigenvalue weighted by Crippen LogP contribution is 2.58. The van der Waals surface area contributed by atoms with E-state index in [1.165, 1.54) is 12.1 Å². The number of aryl methyl sites for hydroxylation is 1. The van der Waals surface area contributed by atoms with E-state index in [1.807, 2.05) is 6.92 Å². The first-order chi connectivity index (χ1) is 18.0. The second-order valence-electron chi connectivity index (χ2n) is 10.6. The van der Waals surface area contributed by atoms with Crippen molar-refractivity contribution in [3.8, 4) is 0 Å². The molecular weight excluding hydrogens is 495 g/mol. The van der Waals surface area contributed by atoms with Gasteiger partial charge in [-0.3, -0.25) is 14.4 Å². The van der Waals surface area contributed by atoms with Gasteiger partial charge in [-0.15, -0.1) is 5.10 Å². The van der Waals surface area contributed by atoms with Gasteiger partial charge in [0.05, 0.1) is 5.41 Å². The standard InChI is InChI=1S/C26H29FN6O5/c1-14-11-16(3-4-17(14)27)13-28-21(35)19-12-18(30-23-31-32-24(38)33(19)23)20(34)29-15(2)25-5-8-26(9-6-25,10-7-25)22(36)37/h3-4,11-12,15H,5-10,13H2,1-2H3,(H,28,35)(H,29,34)(H,32,38)(H,36,37). The molecule has 0 radical (unpaired) electrons. The number of hydrogen-bond donors (Lipinski definition) is 4. The molecule has 1 unspecified atom stereocenters. The lowest BCUT2D eigenvalue weighted by molar-refractivity contribution is -0.159. The van der Waals surface area contributed by atoms with Crippen LogP contribution in [0.25, 0.3) is 5.78 Å². The topological polar surface area (TPSA) is 159 Å². The number of carboxylic acids is 1. The van der Waals surface area contributed by atoms with Crippen molar-refractivity contribution in [3.05, 3.63) is 63.1 Å². The van der Waals surface area contributed by atoms with Crippen molar-refractivity contribution in [2.45, 2.75) is 65.0 Å². The molecule has 2 bridgehead atoms. The molecule has 1 aromatic carbocycles. The van der Waals surface area contributed by atoms with Crippen molar-refractivity contribution in [2.75, 3.05) is 0 Å². The number of carbonyl (C=O) groups is 3. The SMILES string of the molecule is Cc1cc(CNC(=O)c2cc(C(=O)NC(C)C34CCC(C(=O)O)(CC3)CC4)nc3n[nH]c(=O)n23)ccc1F. The van der Waals surface area contributed by atoms with Crippen LogP contribution in [0.3, 0.4) is 0 Å². The summed E-state index contributed by atoms with van der Waals surface area (Å²) in [4.78, 5) is 54.6. The molecule has 2 amide bonds. The molecule has 0 saturated heterocycles. The third-order valence-corrected chi connectivity index (χ3v) is 8.55. The number of H-pyrrole nitrogens is 1. The van der Waals surface area contributed by atoms with Crippen LogP contribution in [0.2, 0.25) is 0 Å². The highest BCUT2D eigenvalue weighted by atomic mass is 19.1. The first-order valence-corrected chi connectivity index (χ1v) is 12.6. The Bertz CT molecular complexity index is 1490. The van der Waals surface area contributed by atoms with E-state index in [4.69, 9.17) is 0 Å². The smallest absolute Gasteiger partial charge is 0.349 e. The largest absolute Gasteiger partial charge is 0.481 e. The van der Waals surface area contributed by atoms with Gasteiger partial charge in [0.1, 0.15) is 17.2 Å². The number of hydrogen-bond acceptors (Lipinski definition) is 6. The predicted octanol–water partition coefficient (Wildman–Crippen LogP) is 2.34. The van der Waals surface area contributed by atoms with Crippen LogP contribution < -0.4 is 16.3 Å². The van der Waals surface area contributed by atoms with Crippen molar-refractivity contribution in [2.24, 2.45) is 10.8 Å². The molecule has 3 aromatic rings. The van der Waals surface area contributed by atoms with Gasteiger partial charge in [0.2, 0.25) is 0 Å². The number of aromatic amines is 1. The Hall–Kier alpha value is -4.09. The summed E-state index contributed by atoms with van der Waals surface area (Å²) in [5.74, 6) is -2.37. The molecule has 4 N–H and O–H groups in total. The Kier molecular flexibility index (Phi) is 6.28. The van der Waals surface area contributed by atoms with Crippen molar-refractivity contribution in [1.29, 1.82) is 0 Å². The van der Waals surface area contributed by atoms with Gasteiger partial charge in [0, 0.05) is 12.6 Å². The number of rotatable bonds is 7. The summed E-state index contributed by atoms with van der Waals surface area (Å²) in [5, 5.41) is 21.4. The van der Waals surface area contributed by atoms with Crippen LogP contribution in [0.4, 0.5) is 4.39 Å². The molecule has 2 aromatic heterocycles. The zero-order valence-electron chi connectivity index (χ0n) is 21.1. The summed E-state index contributed by atoms with van der Waals surface area (Å²) in [6, 6.07) is 5.46. The Balaban J connectivity index is 1.35. The van der Waals surface area contributed by atoms with Crippen LogP contribution in [-0.4, -0.2) is 48.5 Å². The maximum absolute atomic E-state index is 13.6. The molecule has 6 rings (SSSR count). The van der Waals surface area contributed by atoms with E-state index in [-0.39, 0.29) is 41.0 Å². The molecule has 3 aliphatic rings. The van der Waals surface area contributed by atoms with Gasteiger partial charge in [0.25, 0.3) is 17.6 Å². The fourth-order valence-corrected chi connectivity index (χ4v) is 5.90. The molecule has 200 valence electrons. The molecule has 0 spiro atoms. The van der Waals surface area contributed by atoms with E-state index >= 15 is 0 Å². The summed E-state index contributed by atoms with van der Waals surface area (Å²) in [7, 11) is 0. The Morgan fingerprint density at radius 1 is 1.13 bits per heavy atom. The van der Waals surface area contributed by atoms with Gasteiger partial charge >= 0.3 is 11.7 Å². The first-order valence-electron chi connectivity index (χ1n) is 12.6. The van der Waals surface area contributed by atoms with Gasteiger partial charge in [-0.25, -0.2) is 23.7 Å². The maximum Gasteiger partial charge on any atom is 0.349 e. The zero-order valence-corrected chi connectivity index (χ0v) is 21.1. The normalized spacial score (nSPS) is 23.2. The fourth-order valence-electron chi connectivity index (χ4n) is 5.90. The monoisotopic (exact) mass is 524 g/mol. The van der Waals surface area contributed by atoms with E-state index in [0.717, 1.165) is 4.40 Å². The van der Waals surface area contributed by atoms with E-state index < -0.39 is 28.9 Å². The lowest BCUT2D eigenvalue weighted by atomic mass is 9.52. The maximum atomic E-state index is 13.6. The van der Waals surface area contributed by atoms with Crippen LogP contribution in [0.15, 0.2) is 29.1 Å². The molecule has 12 heteroatoms. The average molecular weight is 525 g/mol. The second kappa shape index (κ2) is 9.34. The van der Waals surface area contributed by atoms with Crippen molar-refractivity contribution < 1.29 is 23.9 Å².